The second-order valence-corrected chi connectivity index (χ2v) is 5.52. The molecule has 0 bridgehead atoms. The lowest BCUT2D eigenvalue weighted by atomic mass is 10.2. The predicted octanol–water partition coefficient (Wildman–Crippen LogP) is 3.37. The molecule has 2 rings (SSSR count). The van der Waals surface area contributed by atoms with Crippen LogP contribution in [0.5, 0.6) is 5.75 Å². The van der Waals surface area contributed by atoms with Gasteiger partial charge in [-0.2, -0.15) is 0 Å². The maximum atomic E-state index is 11.2. The third-order valence-electron chi connectivity index (χ3n) is 2.52. The SMILES string of the molecule is CSc1cc(OC2CC2)cc(SC)c1C(=O)O. The van der Waals surface area contributed by atoms with Crippen molar-refractivity contribution < 1.29 is 14.6 Å². The Balaban J connectivity index is 2.40. The van der Waals surface area contributed by atoms with Gasteiger partial charge in [-0.3, -0.25) is 0 Å². The number of ether oxygens (including phenoxy) is 1. The Kier molecular flexibility index (Phi) is 3.89. The average Bonchev–Trinajstić information content (AvgIpc) is 3.11. The smallest absolute Gasteiger partial charge is 0.337 e. The summed E-state index contributed by atoms with van der Waals surface area (Å²) in [6.07, 6.45) is 6.29. The Morgan fingerprint density at radius 2 is 1.82 bits per heavy atom. The zero-order valence-electron chi connectivity index (χ0n) is 9.73. The van der Waals surface area contributed by atoms with Gasteiger partial charge < -0.3 is 9.84 Å². The van der Waals surface area contributed by atoms with Gasteiger partial charge in [0, 0.05) is 9.79 Å². The van der Waals surface area contributed by atoms with Gasteiger partial charge in [-0.25, -0.2) is 4.79 Å². The molecule has 1 aromatic rings. The van der Waals surface area contributed by atoms with Crippen LogP contribution in [0.3, 0.4) is 0 Å². The zero-order valence-corrected chi connectivity index (χ0v) is 11.4. The summed E-state index contributed by atoms with van der Waals surface area (Å²) in [5.74, 6) is -0.0946. The van der Waals surface area contributed by atoms with Crippen LogP contribution in [0.4, 0.5) is 0 Å². The highest BCUT2D eigenvalue weighted by atomic mass is 32.2. The minimum atomic E-state index is -0.878. The fourth-order valence-electron chi connectivity index (χ4n) is 1.54. The Labute approximate surface area is 109 Å². The third kappa shape index (κ3) is 2.90. The third-order valence-corrected chi connectivity index (χ3v) is 4.04. The standard InChI is InChI=1S/C12H14O3S2/c1-16-9-5-8(15-7-3-4-7)6-10(17-2)11(9)12(13)14/h5-7H,3-4H2,1-2H3,(H,13,14). The van der Waals surface area contributed by atoms with E-state index < -0.39 is 5.97 Å². The normalized spacial score (nSPS) is 14.7. The second-order valence-electron chi connectivity index (χ2n) is 3.83. The fraction of sp³-hybridized carbons (Fsp3) is 0.417. The van der Waals surface area contributed by atoms with Crippen molar-refractivity contribution in [2.24, 2.45) is 0 Å². The van der Waals surface area contributed by atoms with Crippen molar-refractivity contribution in [3.8, 4) is 5.75 Å². The van der Waals surface area contributed by atoms with Crippen LogP contribution in [-0.2, 0) is 0 Å². The molecule has 5 heteroatoms. The molecular weight excluding hydrogens is 256 g/mol. The first-order valence-electron chi connectivity index (χ1n) is 5.31. The summed E-state index contributed by atoms with van der Waals surface area (Å²) in [7, 11) is 0. The van der Waals surface area contributed by atoms with Crippen LogP contribution in [0.15, 0.2) is 21.9 Å². The summed E-state index contributed by atoms with van der Waals surface area (Å²) in [6, 6.07) is 3.65. The molecular formula is C12H14O3S2. The quantitative estimate of drug-likeness (QED) is 0.831. The number of rotatable bonds is 5. The van der Waals surface area contributed by atoms with E-state index in [4.69, 9.17) is 4.74 Å². The van der Waals surface area contributed by atoms with Crippen LogP contribution >= 0.6 is 23.5 Å². The highest BCUT2D eigenvalue weighted by molar-refractivity contribution is 7.99. The van der Waals surface area contributed by atoms with Gasteiger partial charge >= 0.3 is 5.97 Å². The van der Waals surface area contributed by atoms with E-state index in [1.165, 1.54) is 23.5 Å². The fourth-order valence-corrected chi connectivity index (χ4v) is 2.88. The van der Waals surface area contributed by atoms with Crippen molar-refractivity contribution >= 4 is 29.5 Å². The van der Waals surface area contributed by atoms with E-state index in [1.807, 2.05) is 24.6 Å². The summed E-state index contributed by atoms with van der Waals surface area (Å²) in [5, 5.41) is 9.23. The van der Waals surface area contributed by atoms with Gasteiger partial charge in [-0.1, -0.05) is 0 Å². The van der Waals surface area contributed by atoms with E-state index in [0.717, 1.165) is 28.4 Å². The van der Waals surface area contributed by atoms with Gasteiger partial charge in [-0.15, -0.1) is 23.5 Å². The van der Waals surface area contributed by atoms with Gasteiger partial charge in [0.15, 0.2) is 0 Å². The number of carboxylic acid groups (broad SMARTS) is 1. The molecule has 0 heterocycles. The maximum Gasteiger partial charge on any atom is 0.337 e. The number of benzene rings is 1. The van der Waals surface area contributed by atoms with Gasteiger partial charge in [0.05, 0.1) is 11.7 Å². The van der Waals surface area contributed by atoms with Crippen LogP contribution in [-0.4, -0.2) is 29.7 Å². The lowest BCUT2D eigenvalue weighted by Gasteiger charge is -2.12. The highest BCUT2D eigenvalue weighted by Gasteiger charge is 2.25. The van der Waals surface area contributed by atoms with E-state index >= 15 is 0 Å². The van der Waals surface area contributed by atoms with Gasteiger partial charge in [0.25, 0.3) is 0 Å². The number of hydrogen-bond donors (Lipinski definition) is 1. The van der Waals surface area contributed by atoms with Crippen molar-refractivity contribution in [1.29, 1.82) is 0 Å². The van der Waals surface area contributed by atoms with Gasteiger partial charge in [0.2, 0.25) is 0 Å². The molecule has 0 saturated heterocycles. The molecule has 1 aromatic carbocycles. The summed E-state index contributed by atoms with van der Waals surface area (Å²) in [4.78, 5) is 12.8. The van der Waals surface area contributed by atoms with Crippen molar-refractivity contribution in [2.75, 3.05) is 12.5 Å². The topological polar surface area (TPSA) is 46.5 Å². The average molecular weight is 270 g/mol. The first-order chi connectivity index (χ1) is 8.15. The maximum absolute atomic E-state index is 11.2. The molecule has 0 radical (unpaired) electrons. The monoisotopic (exact) mass is 270 g/mol. The Morgan fingerprint density at radius 3 is 2.18 bits per heavy atom. The number of hydrogen-bond acceptors (Lipinski definition) is 4. The van der Waals surface area contributed by atoms with Crippen molar-refractivity contribution in [2.45, 2.75) is 28.7 Å². The van der Waals surface area contributed by atoms with E-state index in [1.54, 1.807) is 0 Å². The van der Waals surface area contributed by atoms with Crippen molar-refractivity contribution in [3.63, 3.8) is 0 Å². The van der Waals surface area contributed by atoms with Gasteiger partial charge in [-0.05, 0) is 37.5 Å². The molecule has 0 spiro atoms. The molecule has 1 aliphatic rings. The molecule has 0 aromatic heterocycles. The highest BCUT2D eigenvalue weighted by Crippen LogP contribution is 2.36. The molecule has 1 saturated carbocycles. The van der Waals surface area contributed by atoms with E-state index in [9.17, 15) is 9.90 Å². The van der Waals surface area contributed by atoms with Crippen molar-refractivity contribution in [3.05, 3.63) is 17.7 Å². The molecule has 1 aliphatic carbocycles. The van der Waals surface area contributed by atoms with Crippen LogP contribution in [0.1, 0.15) is 23.2 Å². The summed E-state index contributed by atoms with van der Waals surface area (Å²) >= 11 is 2.88. The zero-order chi connectivity index (χ0) is 12.4. The van der Waals surface area contributed by atoms with Crippen molar-refractivity contribution in [1.82, 2.24) is 0 Å². The molecule has 0 unspecified atom stereocenters. The van der Waals surface area contributed by atoms with Crippen LogP contribution in [0.25, 0.3) is 0 Å². The minimum Gasteiger partial charge on any atom is -0.490 e. The molecule has 1 fully saturated rings. The molecule has 0 amide bonds. The summed E-state index contributed by atoms with van der Waals surface area (Å²) < 4.78 is 5.73. The molecule has 17 heavy (non-hydrogen) atoms. The van der Waals surface area contributed by atoms with Gasteiger partial charge in [0.1, 0.15) is 5.75 Å². The predicted molar refractivity (Wildman–Crippen MR) is 70.6 cm³/mol. The molecule has 92 valence electrons. The lowest BCUT2D eigenvalue weighted by Crippen LogP contribution is -2.03. The molecule has 1 N–H and O–H groups in total. The lowest BCUT2D eigenvalue weighted by molar-refractivity contribution is 0.0689. The largest absolute Gasteiger partial charge is 0.490 e. The number of carboxylic acids is 1. The summed E-state index contributed by atoms with van der Waals surface area (Å²) in [5.41, 5.74) is 0.383. The Hall–Kier alpha value is -0.810. The van der Waals surface area contributed by atoms with Crippen LogP contribution in [0.2, 0.25) is 0 Å². The van der Waals surface area contributed by atoms with Crippen LogP contribution in [0, 0.1) is 0 Å². The van der Waals surface area contributed by atoms with E-state index in [2.05, 4.69) is 0 Å². The minimum absolute atomic E-state index is 0.329. The Bertz CT molecular complexity index is 416. The van der Waals surface area contributed by atoms with E-state index in [-0.39, 0.29) is 0 Å². The number of thioether (sulfide) groups is 2. The molecule has 3 nitrogen and oxygen atoms in total. The first-order valence-corrected chi connectivity index (χ1v) is 7.76. The number of aromatic carboxylic acids is 1. The summed E-state index contributed by atoms with van der Waals surface area (Å²) in [6.45, 7) is 0. The first kappa shape index (κ1) is 12.6. The Morgan fingerprint density at radius 1 is 1.29 bits per heavy atom. The van der Waals surface area contributed by atoms with E-state index in [0.29, 0.717) is 11.7 Å². The molecule has 0 atom stereocenters. The molecule has 0 aliphatic heterocycles. The number of carbonyl (C=O) groups is 1. The van der Waals surface area contributed by atoms with Crippen LogP contribution < -0.4 is 4.74 Å². The second kappa shape index (κ2) is 5.23.